The number of likely N-dealkylation sites (tertiary alicyclic amines) is 1. The molecule has 1 fully saturated rings. The molecule has 90 valence electrons. The normalized spacial score (nSPS) is 18.5. The van der Waals surface area contributed by atoms with Crippen molar-refractivity contribution in [2.75, 3.05) is 13.1 Å². The van der Waals surface area contributed by atoms with Crippen molar-refractivity contribution in [2.45, 2.75) is 59.9 Å². The molecule has 0 unspecified atom stereocenters. The zero-order valence-electron chi connectivity index (χ0n) is 11.0. The van der Waals surface area contributed by atoms with Crippen LogP contribution in [0.5, 0.6) is 0 Å². The summed E-state index contributed by atoms with van der Waals surface area (Å²) in [5.41, 5.74) is 0. The lowest BCUT2D eigenvalue weighted by Gasteiger charge is -2.33. The number of rotatable bonds is 3. The third kappa shape index (κ3) is 4.78. The smallest absolute Gasteiger partial charge is 0.135 e. The highest BCUT2D eigenvalue weighted by Gasteiger charge is 2.24. The van der Waals surface area contributed by atoms with Crippen LogP contribution < -0.4 is 0 Å². The van der Waals surface area contributed by atoms with Gasteiger partial charge in [0.25, 0.3) is 0 Å². The van der Waals surface area contributed by atoms with Gasteiger partial charge in [-0.3, -0.25) is 4.79 Å². The highest BCUT2D eigenvalue weighted by molar-refractivity contribution is 5.80. The summed E-state index contributed by atoms with van der Waals surface area (Å²) >= 11 is 0. The van der Waals surface area contributed by atoms with E-state index in [4.69, 9.17) is 0 Å². The summed E-state index contributed by atoms with van der Waals surface area (Å²) < 4.78 is 0. The van der Waals surface area contributed by atoms with Gasteiger partial charge in [-0.15, -0.1) is 0 Å². The Balaban J connectivity index is 0.000000921. The van der Waals surface area contributed by atoms with Crippen LogP contribution in [-0.2, 0) is 4.79 Å². The molecule has 1 aliphatic heterocycles. The number of nitrogens with zero attached hydrogens (tertiary/aromatic N) is 1. The van der Waals surface area contributed by atoms with E-state index in [1.807, 2.05) is 20.8 Å². The standard InChI is InChI=1S/C11H21NO.C2H6/c1-4-11(13)10-5-7-12(8-6-10)9(2)3;1-2/h9-10H,4-8H2,1-3H3;1-2H3. The summed E-state index contributed by atoms with van der Waals surface area (Å²) in [7, 11) is 0. The molecule has 15 heavy (non-hydrogen) atoms. The first-order valence-electron chi connectivity index (χ1n) is 6.42. The number of carbonyl (C=O) groups is 1. The summed E-state index contributed by atoms with van der Waals surface area (Å²) in [4.78, 5) is 13.9. The Labute approximate surface area is 95.0 Å². The quantitative estimate of drug-likeness (QED) is 0.718. The largest absolute Gasteiger partial charge is 0.301 e. The minimum Gasteiger partial charge on any atom is -0.301 e. The average molecular weight is 213 g/mol. The number of Topliss-reactive ketones (excluding diaryl/α,β-unsaturated/α-hetero) is 1. The van der Waals surface area contributed by atoms with Gasteiger partial charge in [-0.2, -0.15) is 0 Å². The number of carbonyl (C=O) groups excluding carboxylic acids is 1. The molecule has 1 rings (SSSR count). The Morgan fingerprint density at radius 2 is 1.73 bits per heavy atom. The highest BCUT2D eigenvalue weighted by Crippen LogP contribution is 2.20. The fourth-order valence-corrected chi connectivity index (χ4v) is 2.03. The van der Waals surface area contributed by atoms with Crippen molar-refractivity contribution in [1.29, 1.82) is 0 Å². The van der Waals surface area contributed by atoms with Gasteiger partial charge in [0.2, 0.25) is 0 Å². The topological polar surface area (TPSA) is 20.3 Å². The molecule has 2 nitrogen and oxygen atoms in total. The van der Waals surface area contributed by atoms with Crippen LogP contribution in [0.2, 0.25) is 0 Å². The van der Waals surface area contributed by atoms with E-state index in [1.54, 1.807) is 0 Å². The van der Waals surface area contributed by atoms with Crippen LogP contribution in [-0.4, -0.2) is 29.8 Å². The molecule has 0 aromatic heterocycles. The Morgan fingerprint density at radius 1 is 1.27 bits per heavy atom. The van der Waals surface area contributed by atoms with Gasteiger partial charge in [-0.25, -0.2) is 0 Å². The molecular weight excluding hydrogens is 186 g/mol. The van der Waals surface area contributed by atoms with E-state index in [2.05, 4.69) is 18.7 Å². The van der Waals surface area contributed by atoms with Crippen molar-refractivity contribution in [1.82, 2.24) is 4.90 Å². The van der Waals surface area contributed by atoms with Crippen molar-refractivity contribution >= 4 is 5.78 Å². The van der Waals surface area contributed by atoms with E-state index in [0.29, 0.717) is 24.2 Å². The first kappa shape index (κ1) is 14.6. The summed E-state index contributed by atoms with van der Waals surface area (Å²) in [6.07, 6.45) is 2.86. The SMILES string of the molecule is CC.CCC(=O)C1CCN(C(C)C)CC1. The maximum atomic E-state index is 11.4. The zero-order valence-corrected chi connectivity index (χ0v) is 11.0. The minimum absolute atomic E-state index is 0.361. The number of hydrogen-bond donors (Lipinski definition) is 0. The zero-order chi connectivity index (χ0) is 11.8. The van der Waals surface area contributed by atoms with Gasteiger partial charge >= 0.3 is 0 Å². The van der Waals surface area contributed by atoms with Crippen molar-refractivity contribution in [3.05, 3.63) is 0 Å². The van der Waals surface area contributed by atoms with Gasteiger partial charge in [-0.1, -0.05) is 20.8 Å². The van der Waals surface area contributed by atoms with Crippen molar-refractivity contribution in [2.24, 2.45) is 5.92 Å². The third-order valence-electron chi connectivity index (χ3n) is 3.06. The van der Waals surface area contributed by atoms with Gasteiger partial charge in [0.15, 0.2) is 0 Å². The Bertz CT molecular complexity index is 169. The van der Waals surface area contributed by atoms with Gasteiger partial charge in [0.1, 0.15) is 5.78 Å². The molecule has 1 heterocycles. The van der Waals surface area contributed by atoms with E-state index >= 15 is 0 Å². The van der Waals surface area contributed by atoms with Gasteiger partial charge < -0.3 is 4.90 Å². The van der Waals surface area contributed by atoms with E-state index in [-0.39, 0.29) is 0 Å². The highest BCUT2D eigenvalue weighted by atomic mass is 16.1. The first-order chi connectivity index (χ1) is 7.15. The molecule has 0 atom stereocenters. The average Bonchev–Trinajstić information content (AvgIpc) is 2.31. The molecule has 0 radical (unpaired) electrons. The fraction of sp³-hybridized carbons (Fsp3) is 0.923. The molecule has 2 heteroatoms. The maximum Gasteiger partial charge on any atom is 0.135 e. The molecule has 0 bridgehead atoms. The van der Waals surface area contributed by atoms with E-state index in [0.717, 1.165) is 25.9 Å². The molecular formula is C13H27NO. The Hall–Kier alpha value is -0.370. The van der Waals surface area contributed by atoms with Crippen LogP contribution in [0.25, 0.3) is 0 Å². The molecule has 1 saturated heterocycles. The number of hydrogen-bond acceptors (Lipinski definition) is 2. The summed E-state index contributed by atoms with van der Waals surface area (Å²) in [5.74, 6) is 0.823. The lowest BCUT2D eigenvalue weighted by Crippen LogP contribution is -2.40. The third-order valence-corrected chi connectivity index (χ3v) is 3.06. The molecule has 0 aromatic rings. The van der Waals surface area contributed by atoms with Crippen LogP contribution in [0.15, 0.2) is 0 Å². The number of ketones is 1. The lowest BCUT2D eigenvalue weighted by atomic mass is 9.91. The van der Waals surface area contributed by atoms with E-state index in [9.17, 15) is 4.79 Å². The van der Waals surface area contributed by atoms with Gasteiger partial charge in [0.05, 0.1) is 0 Å². The lowest BCUT2D eigenvalue weighted by molar-refractivity contribution is -0.124. The van der Waals surface area contributed by atoms with Crippen LogP contribution in [0, 0.1) is 5.92 Å². The second-order valence-electron chi connectivity index (χ2n) is 4.22. The van der Waals surface area contributed by atoms with Crippen molar-refractivity contribution in [3.8, 4) is 0 Å². The Morgan fingerprint density at radius 3 is 2.07 bits per heavy atom. The van der Waals surface area contributed by atoms with Crippen LogP contribution in [0.1, 0.15) is 53.9 Å². The molecule has 0 aromatic carbocycles. The van der Waals surface area contributed by atoms with Crippen LogP contribution in [0.3, 0.4) is 0 Å². The molecule has 0 N–H and O–H groups in total. The van der Waals surface area contributed by atoms with Crippen LogP contribution in [0.4, 0.5) is 0 Å². The molecule has 0 amide bonds. The van der Waals surface area contributed by atoms with E-state index in [1.165, 1.54) is 0 Å². The second-order valence-corrected chi connectivity index (χ2v) is 4.22. The molecule has 0 saturated carbocycles. The van der Waals surface area contributed by atoms with E-state index < -0.39 is 0 Å². The summed E-state index contributed by atoms with van der Waals surface area (Å²) in [6.45, 7) is 12.6. The first-order valence-corrected chi connectivity index (χ1v) is 6.42. The molecule has 1 aliphatic rings. The number of piperidine rings is 1. The second kappa shape index (κ2) is 7.86. The predicted molar refractivity (Wildman–Crippen MR) is 66.1 cm³/mol. The monoisotopic (exact) mass is 213 g/mol. The van der Waals surface area contributed by atoms with Crippen LogP contribution >= 0.6 is 0 Å². The maximum absolute atomic E-state index is 11.4. The predicted octanol–water partition coefficient (Wildman–Crippen LogP) is 3.11. The Kier molecular flexibility index (Phi) is 7.67. The van der Waals surface area contributed by atoms with Crippen molar-refractivity contribution in [3.63, 3.8) is 0 Å². The summed E-state index contributed by atoms with van der Waals surface area (Å²) in [6, 6.07) is 0.637. The minimum atomic E-state index is 0.361. The van der Waals surface area contributed by atoms with Gasteiger partial charge in [-0.05, 0) is 39.8 Å². The molecule has 0 spiro atoms. The van der Waals surface area contributed by atoms with Crippen molar-refractivity contribution < 1.29 is 4.79 Å². The molecule has 0 aliphatic carbocycles. The van der Waals surface area contributed by atoms with Gasteiger partial charge in [0, 0.05) is 18.4 Å². The fourth-order valence-electron chi connectivity index (χ4n) is 2.03. The summed E-state index contributed by atoms with van der Waals surface area (Å²) in [5, 5.41) is 0.